The minimum atomic E-state index is -0.530. The summed E-state index contributed by atoms with van der Waals surface area (Å²) >= 11 is 0. The Hall–Kier alpha value is -2.24. The summed E-state index contributed by atoms with van der Waals surface area (Å²) in [6.07, 6.45) is 0.244. The summed E-state index contributed by atoms with van der Waals surface area (Å²) in [5.41, 5.74) is 12.2. The maximum atomic E-state index is 10.9. The number of amides is 1. The molecular formula is C11H15N3O3. The maximum Gasteiger partial charge on any atom is 0.307 e. The van der Waals surface area contributed by atoms with Gasteiger partial charge in [0.2, 0.25) is 5.91 Å². The molecule has 1 aromatic rings. The van der Waals surface area contributed by atoms with Crippen LogP contribution in [0.1, 0.15) is 16.8 Å². The fourth-order valence-corrected chi connectivity index (χ4v) is 1.28. The predicted octanol–water partition coefficient (Wildman–Crippen LogP) is 0.343. The van der Waals surface area contributed by atoms with E-state index in [4.69, 9.17) is 11.5 Å². The molecule has 0 fully saturated rings. The lowest BCUT2D eigenvalue weighted by molar-refractivity contribution is -0.140. The lowest BCUT2D eigenvalue weighted by Gasteiger charge is -2.09. The Morgan fingerprint density at radius 1 is 1.41 bits per heavy atom. The van der Waals surface area contributed by atoms with Crippen LogP contribution in [0, 0.1) is 0 Å². The molecule has 0 aliphatic rings. The highest BCUT2D eigenvalue weighted by molar-refractivity contribution is 5.94. The first-order chi connectivity index (χ1) is 8.04. The Morgan fingerprint density at radius 3 is 2.65 bits per heavy atom. The zero-order valence-corrected chi connectivity index (χ0v) is 9.53. The summed E-state index contributed by atoms with van der Waals surface area (Å²) in [4.78, 5) is 21.8. The van der Waals surface area contributed by atoms with Gasteiger partial charge in [0.1, 0.15) is 0 Å². The third kappa shape index (κ3) is 3.67. The van der Waals surface area contributed by atoms with Crippen molar-refractivity contribution in [3.63, 3.8) is 0 Å². The third-order valence-electron chi connectivity index (χ3n) is 2.21. The number of methoxy groups -OCH3 is 1. The second-order valence-corrected chi connectivity index (χ2v) is 3.42. The standard InChI is InChI=1S/C11H15N3O3/c1-17-10(15)4-5-14-9-3-2-7(11(13)16)6-8(9)12/h2-3,6,14H,4-5,12H2,1H3,(H2,13,16). The van der Waals surface area contributed by atoms with E-state index in [-0.39, 0.29) is 12.4 Å². The van der Waals surface area contributed by atoms with E-state index in [2.05, 4.69) is 10.1 Å². The average Bonchev–Trinajstić information content (AvgIpc) is 2.30. The lowest BCUT2D eigenvalue weighted by Crippen LogP contribution is -2.13. The van der Waals surface area contributed by atoms with Crippen LogP contribution in [0.5, 0.6) is 0 Å². The van der Waals surface area contributed by atoms with Crippen LogP contribution < -0.4 is 16.8 Å². The van der Waals surface area contributed by atoms with Gasteiger partial charge in [-0.25, -0.2) is 0 Å². The highest BCUT2D eigenvalue weighted by atomic mass is 16.5. The molecule has 1 amide bonds. The number of primary amides is 1. The average molecular weight is 237 g/mol. The van der Waals surface area contributed by atoms with E-state index in [1.54, 1.807) is 12.1 Å². The van der Waals surface area contributed by atoms with Crippen molar-refractivity contribution in [2.75, 3.05) is 24.7 Å². The van der Waals surface area contributed by atoms with Crippen molar-refractivity contribution in [3.8, 4) is 0 Å². The molecule has 1 aromatic carbocycles. The Bertz CT molecular complexity index is 432. The van der Waals surface area contributed by atoms with Crippen LogP contribution in [-0.2, 0) is 9.53 Å². The van der Waals surface area contributed by atoms with Crippen LogP contribution >= 0.6 is 0 Å². The molecule has 0 unspecified atom stereocenters. The van der Waals surface area contributed by atoms with Crippen LogP contribution in [-0.4, -0.2) is 25.5 Å². The molecule has 0 saturated heterocycles. The highest BCUT2D eigenvalue weighted by Crippen LogP contribution is 2.19. The van der Waals surface area contributed by atoms with Gasteiger partial charge in [-0.3, -0.25) is 9.59 Å². The summed E-state index contributed by atoms with van der Waals surface area (Å²) in [6.45, 7) is 0.410. The van der Waals surface area contributed by atoms with Gasteiger partial charge in [-0.2, -0.15) is 0 Å². The first-order valence-electron chi connectivity index (χ1n) is 5.04. The molecule has 0 spiro atoms. The number of esters is 1. The molecule has 92 valence electrons. The van der Waals surface area contributed by atoms with Crippen molar-refractivity contribution in [1.29, 1.82) is 0 Å². The van der Waals surface area contributed by atoms with E-state index in [9.17, 15) is 9.59 Å². The zero-order valence-electron chi connectivity index (χ0n) is 9.53. The van der Waals surface area contributed by atoms with Gasteiger partial charge in [-0.1, -0.05) is 0 Å². The van der Waals surface area contributed by atoms with Crippen LogP contribution in [0.3, 0.4) is 0 Å². The van der Waals surface area contributed by atoms with Crippen LogP contribution in [0.4, 0.5) is 11.4 Å². The molecule has 5 N–H and O–H groups in total. The van der Waals surface area contributed by atoms with E-state index in [1.807, 2.05) is 0 Å². The largest absolute Gasteiger partial charge is 0.469 e. The first-order valence-corrected chi connectivity index (χ1v) is 5.04. The van der Waals surface area contributed by atoms with Crippen molar-refractivity contribution in [3.05, 3.63) is 23.8 Å². The number of ether oxygens (including phenoxy) is 1. The van der Waals surface area contributed by atoms with Gasteiger partial charge < -0.3 is 21.5 Å². The number of nitrogens with one attached hydrogen (secondary N) is 1. The monoisotopic (exact) mass is 237 g/mol. The number of carbonyl (C=O) groups excluding carboxylic acids is 2. The topological polar surface area (TPSA) is 107 Å². The predicted molar refractivity (Wildman–Crippen MR) is 64.5 cm³/mol. The Morgan fingerprint density at radius 2 is 2.12 bits per heavy atom. The summed E-state index contributed by atoms with van der Waals surface area (Å²) in [7, 11) is 1.33. The Kier molecular flexibility index (Phi) is 4.33. The van der Waals surface area contributed by atoms with Crippen molar-refractivity contribution in [2.24, 2.45) is 5.73 Å². The second kappa shape index (κ2) is 5.74. The molecular weight excluding hydrogens is 222 g/mol. The third-order valence-corrected chi connectivity index (χ3v) is 2.21. The van der Waals surface area contributed by atoms with Gasteiger partial charge >= 0.3 is 5.97 Å². The summed E-state index contributed by atoms with van der Waals surface area (Å²) in [5, 5.41) is 2.97. The van der Waals surface area contributed by atoms with Gasteiger partial charge in [0.05, 0.1) is 24.9 Å². The molecule has 6 nitrogen and oxygen atoms in total. The van der Waals surface area contributed by atoms with Crippen LogP contribution in [0.2, 0.25) is 0 Å². The molecule has 6 heteroatoms. The number of carbonyl (C=O) groups is 2. The van der Waals surface area contributed by atoms with Gasteiger partial charge in [0.15, 0.2) is 0 Å². The number of anilines is 2. The number of hydrogen-bond acceptors (Lipinski definition) is 5. The number of nitrogens with two attached hydrogens (primary N) is 2. The lowest BCUT2D eigenvalue weighted by atomic mass is 10.1. The normalized spacial score (nSPS) is 9.71. The Balaban J connectivity index is 2.60. The number of benzene rings is 1. The van der Waals surface area contributed by atoms with Crippen LogP contribution in [0.25, 0.3) is 0 Å². The summed E-state index contributed by atoms with van der Waals surface area (Å²) in [5.74, 6) is -0.831. The number of hydrogen-bond donors (Lipinski definition) is 3. The van der Waals surface area contributed by atoms with E-state index >= 15 is 0 Å². The van der Waals surface area contributed by atoms with Gasteiger partial charge in [-0.15, -0.1) is 0 Å². The fourth-order valence-electron chi connectivity index (χ4n) is 1.28. The molecule has 0 heterocycles. The van der Waals surface area contributed by atoms with E-state index in [0.717, 1.165) is 0 Å². The minimum absolute atomic E-state index is 0.244. The number of rotatable bonds is 5. The Labute approximate surface area is 98.9 Å². The van der Waals surface area contributed by atoms with E-state index in [0.29, 0.717) is 23.5 Å². The highest BCUT2D eigenvalue weighted by Gasteiger charge is 2.05. The molecule has 0 saturated carbocycles. The molecule has 0 bridgehead atoms. The summed E-state index contributed by atoms with van der Waals surface area (Å²) in [6, 6.07) is 4.70. The second-order valence-electron chi connectivity index (χ2n) is 3.42. The first kappa shape index (κ1) is 12.8. The quantitative estimate of drug-likeness (QED) is 0.505. The molecule has 0 atom stereocenters. The molecule has 1 rings (SSSR count). The summed E-state index contributed by atoms with van der Waals surface area (Å²) < 4.78 is 4.50. The van der Waals surface area contributed by atoms with Gasteiger partial charge in [-0.05, 0) is 18.2 Å². The molecule has 0 aliphatic carbocycles. The van der Waals surface area contributed by atoms with Crippen molar-refractivity contribution < 1.29 is 14.3 Å². The zero-order chi connectivity index (χ0) is 12.8. The maximum absolute atomic E-state index is 10.9. The smallest absolute Gasteiger partial charge is 0.307 e. The molecule has 0 radical (unpaired) electrons. The van der Waals surface area contributed by atoms with Crippen molar-refractivity contribution >= 4 is 23.3 Å². The van der Waals surface area contributed by atoms with E-state index < -0.39 is 5.91 Å². The minimum Gasteiger partial charge on any atom is -0.469 e. The van der Waals surface area contributed by atoms with E-state index in [1.165, 1.54) is 13.2 Å². The number of nitrogen functional groups attached to an aromatic ring is 1. The molecule has 0 aliphatic heterocycles. The van der Waals surface area contributed by atoms with Gasteiger partial charge in [0.25, 0.3) is 0 Å². The fraction of sp³-hybridized carbons (Fsp3) is 0.273. The van der Waals surface area contributed by atoms with Gasteiger partial charge in [0, 0.05) is 12.1 Å². The van der Waals surface area contributed by atoms with Crippen molar-refractivity contribution in [1.82, 2.24) is 0 Å². The SMILES string of the molecule is COC(=O)CCNc1ccc(C(N)=O)cc1N. The van der Waals surface area contributed by atoms with Crippen LogP contribution in [0.15, 0.2) is 18.2 Å². The molecule has 17 heavy (non-hydrogen) atoms. The molecule has 0 aromatic heterocycles. The van der Waals surface area contributed by atoms with Crippen molar-refractivity contribution in [2.45, 2.75) is 6.42 Å².